The van der Waals surface area contributed by atoms with E-state index < -0.39 is 6.10 Å². The molecule has 102 valence electrons. The minimum absolute atomic E-state index is 0.477. The highest BCUT2D eigenvalue weighted by Crippen LogP contribution is 2.17. The molecule has 1 atom stereocenters. The van der Waals surface area contributed by atoms with E-state index in [9.17, 15) is 5.11 Å². The maximum atomic E-state index is 10.1. The summed E-state index contributed by atoms with van der Waals surface area (Å²) in [5, 5.41) is 21.0. The van der Waals surface area contributed by atoms with Crippen molar-refractivity contribution in [3.63, 3.8) is 0 Å². The van der Waals surface area contributed by atoms with E-state index >= 15 is 0 Å². The summed E-state index contributed by atoms with van der Waals surface area (Å²) in [5.74, 6) is 0. The van der Waals surface area contributed by atoms with Crippen LogP contribution >= 0.6 is 11.6 Å². The molecule has 0 bridgehead atoms. The lowest BCUT2D eigenvalue weighted by molar-refractivity contribution is 0.174. The molecule has 2 rings (SSSR count). The summed E-state index contributed by atoms with van der Waals surface area (Å²) in [6.07, 6.45) is -0.564. The monoisotopic (exact) mass is 279 g/mol. The minimum Gasteiger partial charge on any atom is -0.387 e. The summed E-state index contributed by atoms with van der Waals surface area (Å²) in [6, 6.07) is 7.28. The number of nitrogens with zero attached hydrogens (tertiary/aromatic N) is 1. The first kappa shape index (κ1) is 14.1. The van der Waals surface area contributed by atoms with E-state index in [1.807, 2.05) is 26.0 Å². The fraction of sp³-hybridized carbons (Fsp3) is 0.357. The van der Waals surface area contributed by atoms with E-state index in [-0.39, 0.29) is 0 Å². The first-order valence-electron chi connectivity index (χ1n) is 6.22. The number of halogens is 1. The van der Waals surface area contributed by atoms with Gasteiger partial charge in [0.15, 0.2) is 0 Å². The molecule has 2 aromatic rings. The second kappa shape index (κ2) is 6.19. The van der Waals surface area contributed by atoms with E-state index in [4.69, 9.17) is 11.6 Å². The largest absolute Gasteiger partial charge is 0.387 e. The average molecular weight is 280 g/mol. The molecule has 0 fully saturated rings. The predicted octanol–water partition coefficient (Wildman–Crippen LogP) is 2.50. The van der Waals surface area contributed by atoms with Crippen molar-refractivity contribution < 1.29 is 5.11 Å². The van der Waals surface area contributed by atoms with Crippen molar-refractivity contribution in [1.29, 1.82) is 0 Å². The van der Waals surface area contributed by atoms with Crippen LogP contribution in [-0.4, -0.2) is 21.8 Å². The molecule has 19 heavy (non-hydrogen) atoms. The Bertz CT molecular complexity index is 534. The number of benzene rings is 1. The third-order valence-corrected chi connectivity index (χ3v) is 3.39. The fourth-order valence-corrected chi connectivity index (χ4v) is 2.20. The van der Waals surface area contributed by atoms with Crippen LogP contribution in [0, 0.1) is 13.8 Å². The fourth-order valence-electron chi connectivity index (χ4n) is 2.00. The molecule has 0 aliphatic carbocycles. The van der Waals surface area contributed by atoms with Gasteiger partial charge in [0, 0.05) is 29.4 Å². The van der Waals surface area contributed by atoms with Gasteiger partial charge >= 0.3 is 0 Å². The Morgan fingerprint density at radius 1 is 1.42 bits per heavy atom. The number of aliphatic hydroxyl groups is 1. The van der Waals surface area contributed by atoms with Gasteiger partial charge in [0.1, 0.15) is 0 Å². The number of rotatable bonds is 5. The third-order valence-electron chi connectivity index (χ3n) is 3.15. The second-order valence-electron chi connectivity index (χ2n) is 4.61. The van der Waals surface area contributed by atoms with Crippen molar-refractivity contribution in [2.24, 2.45) is 0 Å². The summed E-state index contributed by atoms with van der Waals surface area (Å²) >= 11 is 5.90. The molecule has 0 unspecified atom stereocenters. The quantitative estimate of drug-likeness (QED) is 0.788. The number of aryl methyl sites for hydroxylation is 2. The lowest BCUT2D eigenvalue weighted by atomic mass is 10.1. The van der Waals surface area contributed by atoms with E-state index in [2.05, 4.69) is 15.5 Å². The molecule has 1 heterocycles. The van der Waals surface area contributed by atoms with E-state index in [0.717, 1.165) is 22.5 Å². The lowest BCUT2D eigenvalue weighted by Gasteiger charge is -2.12. The normalized spacial score (nSPS) is 12.6. The van der Waals surface area contributed by atoms with Gasteiger partial charge in [-0.05, 0) is 31.5 Å². The second-order valence-corrected chi connectivity index (χ2v) is 5.05. The Balaban J connectivity index is 1.89. The number of aromatic amines is 1. The standard InChI is InChI=1S/C14H18ClN3O/c1-9-13(10(2)18-17-9)7-16-8-14(19)11-4-3-5-12(15)6-11/h3-6,14,16,19H,7-8H2,1-2H3,(H,17,18)/t14-/m1/s1. The van der Waals surface area contributed by atoms with Gasteiger partial charge in [0.2, 0.25) is 0 Å². The van der Waals surface area contributed by atoms with E-state index in [1.54, 1.807) is 12.1 Å². The van der Waals surface area contributed by atoms with Gasteiger partial charge in [-0.2, -0.15) is 5.10 Å². The first-order chi connectivity index (χ1) is 9.08. The lowest BCUT2D eigenvalue weighted by Crippen LogP contribution is -2.21. The van der Waals surface area contributed by atoms with Gasteiger partial charge in [0.05, 0.1) is 11.8 Å². The zero-order chi connectivity index (χ0) is 13.8. The Morgan fingerprint density at radius 3 is 2.84 bits per heavy atom. The molecular formula is C14H18ClN3O. The molecule has 0 radical (unpaired) electrons. The van der Waals surface area contributed by atoms with Crippen molar-refractivity contribution in [3.8, 4) is 0 Å². The van der Waals surface area contributed by atoms with Crippen molar-refractivity contribution in [3.05, 3.63) is 51.8 Å². The number of nitrogens with one attached hydrogen (secondary N) is 2. The highest BCUT2D eigenvalue weighted by molar-refractivity contribution is 6.30. The Labute approximate surface area is 117 Å². The van der Waals surface area contributed by atoms with Crippen LogP contribution in [-0.2, 0) is 6.54 Å². The minimum atomic E-state index is -0.564. The molecule has 3 N–H and O–H groups in total. The van der Waals surface area contributed by atoms with Gasteiger partial charge in [-0.15, -0.1) is 0 Å². The number of aromatic nitrogens is 2. The molecule has 0 saturated heterocycles. The van der Waals surface area contributed by atoms with E-state index in [1.165, 1.54) is 0 Å². The highest BCUT2D eigenvalue weighted by Gasteiger charge is 2.09. The SMILES string of the molecule is Cc1n[nH]c(C)c1CNC[C@@H](O)c1cccc(Cl)c1. The van der Waals surface area contributed by atoms with Gasteiger partial charge < -0.3 is 10.4 Å². The van der Waals surface area contributed by atoms with Crippen LogP contribution < -0.4 is 5.32 Å². The smallest absolute Gasteiger partial charge is 0.0915 e. The van der Waals surface area contributed by atoms with Crippen molar-refractivity contribution in [2.75, 3.05) is 6.54 Å². The van der Waals surface area contributed by atoms with Gasteiger partial charge in [0.25, 0.3) is 0 Å². The Morgan fingerprint density at radius 2 is 2.21 bits per heavy atom. The van der Waals surface area contributed by atoms with Crippen molar-refractivity contribution >= 4 is 11.6 Å². The average Bonchev–Trinajstić information content (AvgIpc) is 2.70. The number of hydrogen-bond donors (Lipinski definition) is 3. The first-order valence-corrected chi connectivity index (χ1v) is 6.60. The van der Waals surface area contributed by atoms with Crippen LogP contribution in [0.1, 0.15) is 28.6 Å². The maximum Gasteiger partial charge on any atom is 0.0915 e. The molecule has 0 amide bonds. The molecule has 1 aromatic carbocycles. The van der Waals surface area contributed by atoms with Crippen LogP contribution in [0.3, 0.4) is 0 Å². The third kappa shape index (κ3) is 3.56. The zero-order valence-corrected chi connectivity index (χ0v) is 11.8. The molecule has 5 heteroatoms. The summed E-state index contributed by atoms with van der Waals surface area (Å²) in [7, 11) is 0. The van der Waals surface area contributed by atoms with E-state index in [0.29, 0.717) is 18.1 Å². The van der Waals surface area contributed by atoms with Gasteiger partial charge in [-0.3, -0.25) is 5.10 Å². The zero-order valence-electron chi connectivity index (χ0n) is 11.1. The van der Waals surface area contributed by atoms with Crippen LogP contribution in [0.15, 0.2) is 24.3 Å². The molecule has 0 spiro atoms. The van der Waals surface area contributed by atoms with Gasteiger partial charge in [-0.1, -0.05) is 23.7 Å². The summed E-state index contributed by atoms with van der Waals surface area (Å²) in [5.41, 5.74) is 4.02. The molecule has 0 aliphatic rings. The molecule has 0 saturated carbocycles. The molecular weight excluding hydrogens is 262 g/mol. The number of H-pyrrole nitrogens is 1. The molecule has 1 aromatic heterocycles. The van der Waals surface area contributed by atoms with Crippen LogP contribution in [0.5, 0.6) is 0 Å². The van der Waals surface area contributed by atoms with Crippen molar-refractivity contribution in [1.82, 2.24) is 15.5 Å². The highest BCUT2D eigenvalue weighted by atomic mass is 35.5. The van der Waals surface area contributed by atoms with Crippen LogP contribution in [0.4, 0.5) is 0 Å². The summed E-state index contributed by atoms with van der Waals surface area (Å²) in [4.78, 5) is 0. The van der Waals surface area contributed by atoms with Crippen molar-refractivity contribution in [2.45, 2.75) is 26.5 Å². The van der Waals surface area contributed by atoms with Crippen LogP contribution in [0.2, 0.25) is 5.02 Å². The Hall–Kier alpha value is -1.36. The topological polar surface area (TPSA) is 60.9 Å². The summed E-state index contributed by atoms with van der Waals surface area (Å²) in [6.45, 7) is 5.12. The molecule has 4 nitrogen and oxygen atoms in total. The number of aliphatic hydroxyl groups excluding tert-OH is 1. The number of hydrogen-bond acceptors (Lipinski definition) is 3. The van der Waals surface area contributed by atoms with Crippen LogP contribution in [0.25, 0.3) is 0 Å². The van der Waals surface area contributed by atoms with Gasteiger partial charge in [-0.25, -0.2) is 0 Å². The summed E-state index contributed by atoms with van der Waals surface area (Å²) < 4.78 is 0. The Kier molecular flexibility index (Phi) is 4.58. The predicted molar refractivity (Wildman–Crippen MR) is 76.2 cm³/mol. The molecule has 0 aliphatic heterocycles. The maximum absolute atomic E-state index is 10.1.